The standard InChI is InChI=1S/C29H37N7OS/c1-7-34-10-12-35(13-11-34)23-14-21(16-30-18-23)25-19-36(33(25)6)24-15-22(17-31-20(24)2)32-28(37)26-8-9-27(38-26)29(3,4)5/h8-9,14-19H,7,10-13H2,1-6H3,(H,32,37). The Labute approximate surface area is 228 Å². The molecule has 9 heteroatoms. The molecule has 38 heavy (non-hydrogen) atoms. The number of piperazine rings is 1. The third kappa shape index (κ3) is 5.26. The largest absolute Gasteiger partial charge is 0.368 e. The highest BCUT2D eigenvalue weighted by Crippen LogP contribution is 2.31. The summed E-state index contributed by atoms with van der Waals surface area (Å²) in [6, 6.07) is 8.13. The molecular weight excluding hydrogens is 494 g/mol. The van der Waals surface area contributed by atoms with Crippen LogP contribution >= 0.6 is 11.3 Å². The maximum atomic E-state index is 12.9. The van der Waals surface area contributed by atoms with E-state index in [1.807, 2.05) is 44.6 Å². The Kier molecular flexibility index (Phi) is 7.15. The number of carbonyl (C=O) groups excluding carboxylic acids is 1. The molecular formula is C29H37N7OS. The van der Waals surface area contributed by atoms with Crippen molar-refractivity contribution in [2.45, 2.75) is 40.0 Å². The molecule has 1 fully saturated rings. The van der Waals surface area contributed by atoms with Crippen molar-refractivity contribution in [3.8, 4) is 16.9 Å². The van der Waals surface area contributed by atoms with E-state index in [9.17, 15) is 4.79 Å². The van der Waals surface area contributed by atoms with Crippen LogP contribution in [-0.2, 0) is 12.5 Å². The Morgan fingerprint density at radius 3 is 2.50 bits per heavy atom. The van der Waals surface area contributed by atoms with Gasteiger partial charge >= 0.3 is 0 Å². The minimum absolute atomic E-state index is 0.0208. The van der Waals surface area contributed by atoms with Crippen molar-refractivity contribution >= 4 is 28.6 Å². The van der Waals surface area contributed by atoms with Gasteiger partial charge in [-0.3, -0.25) is 24.1 Å². The van der Waals surface area contributed by atoms with Crippen molar-refractivity contribution in [3.63, 3.8) is 0 Å². The molecule has 1 aliphatic heterocycles. The van der Waals surface area contributed by atoms with Crippen molar-refractivity contribution < 1.29 is 4.79 Å². The fraction of sp³-hybridized carbons (Fsp3) is 0.414. The summed E-state index contributed by atoms with van der Waals surface area (Å²) in [5.41, 5.74) is 5.85. The van der Waals surface area contributed by atoms with Gasteiger partial charge in [0.1, 0.15) is 0 Å². The highest BCUT2D eigenvalue weighted by atomic mass is 32.1. The minimum atomic E-state index is -0.113. The number of carbonyl (C=O) groups is 1. The van der Waals surface area contributed by atoms with Crippen LogP contribution in [-0.4, -0.2) is 62.9 Å². The van der Waals surface area contributed by atoms with E-state index in [2.05, 4.69) is 74.4 Å². The number of anilines is 2. The molecule has 1 amide bonds. The summed E-state index contributed by atoms with van der Waals surface area (Å²) in [7, 11) is 2.03. The zero-order valence-corrected chi connectivity index (χ0v) is 24.0. The lowest BCUT2D eigenvalue weighted by Crippen LogP contribution is -2.46. The molecule has 0 unspecified atom stereocenters. The van der Waals surface area contributed by atoms with Gasteiger partial charge in [-0.15, -0.1) is 11.3 Å². The number of amides is 1. The van der Waals surface area contributed by atoms with Crippen LogP contribution in [0, 0.1) is 6.92 Å². The first-order valence-electron chi connectivity index (χ1n) is 13.2. The van der Waals surface area contributed by atoms with Crippen molar-refractivity contribution in [2.75, 3.05) is 42.9 Å². The Morgan fingerprint density at radius 1 is 1.08 bits per heavy atom. The van der Waals surface area contributed by atoms with Gasteiger partial charge in [0.2, 0.25) is 0 Å². The molecule has 0 saturated carbocycles. The van der Waals surface area contributed by atoms with Crippen LogP contribution in [0.4, 0.5) is 11.4 Å². The fourth-order valence-electron chi connectivity index (χ4n) is 4.78. The van der Waals surface area contributed by atoms with Crippen LogP contribution < -0.4 is 10.2 Å². The van der Waals surface area contributed by atoms with Crippen LogP contribution in [0.5, 0.6) is 0 Å². The van der Waals surface area contributed by atoms with E-state index < -0.39 is 0 Å². The zero-order valence-electron chi connectivity index (χ0n) is 23.2. The summed E-state index contributed by atoms with van der Waals surface area (Å²) in [5.74, 6) is -0.113. The number of pyridine rings is 2. The van der Waals surface area contributed by atoms with Gasteiger partial charge in [0.15, 0.2) is 0 Å². The van der Waals surface area contributed by atoms with Crippen molar-refractivity contribution in [1.82, 2.24) is 24.2 Å². The van der Waals surface area contributed by atoms with Gasteiger partial charge in [0.05, 0.1) is 51.9 Å². The molecule has 8 nitrogen and oxygen atoms in total. The van der Waals surface area contributed by atoms with Crippen LogP contribution in [0.1, 0.15) is 47.9 Å². The first-order chi connectivity index (χ1) is 18.1. The highest BCUT2D eigenvalue weighted by molar-refractivity contribution is 7.14. The maximum absolute atomic E-state index is 12.9. The predicted molar refractivity (Wildman–Crippen MR) is 156 cm³/mol. The Hall–Kier alpha value is -3.43. The van der Waals surface area contributed by atoms with Crippen molar-refractivity contribution in [3.05, 3.63) is 64.5 Å². The lowest BCUT2D eigenvalue weighted by molar-refractivity contribution is 0.103. The summed E-state index contributed by atoms with van der Waals surface area (Å²) >= 11 is 1.53. The number of nitrogens with one attached hydrogen (secondary N) is 1. The molecule has 5 rings (SSSR count). The van der Waals surface area contributed by atoms with Gasteiger partial charge in [-0.25, -0.2) is 0 Å². The monoisotopic (exact) mass is 531 g/mol. The van der Waals surface area contributed by atoms with E-state index in [4.69, 9.17) is 0 Å². The molecule has 1 aliphatic rings. The van der Waals surface area contributed by atoms with Crippen LogP contribution in [0.3, 0.4) is 0 Å². The average molecular weight is 532 g/mol. The fourth-order valence-corrected chi connectivity index (χ4v) is 5.74. The summed E-state index contributed by atoms with van der Waals surface area (Å²) in [6.45, 7) is 16.0. The van der Waals surface area contributed by atoms with E-state index in [-0.39, 0.29) is 11.3 Å². The molecule has 0 atom stereocenters. The number of likely N-dealkylation sites (N-methyl/N-ethyl adjacent to an activating group) is 1. The molecule has 4 aromatic rings. The Bertz CT molecular complexity index is 1430. The number of rotatable bonds is 6. The minimum Gasteiger partial charge on any atom is -0.368 e. The summed E-state index contributed by atoms with van der Waals surface area (Å²) in [5, 5.41) is 3.03. The second-order valence-corrected chi connectivity index (χ2v) is 12.0. The number of thiophene rings is 1. The van der Waals surface area contributed by atoms with Gasteiger partial charge < -0.3 is 15.1 Å². The number of hydrogen-bond acceptors (Lipinski definition) is 6. The topological polar surface area (TPSA) is 71.2 Å². The van der Waals surface area contributed by atoms with E-state index >= 15 is 0 Å². The number of nitrogens with zero attached hydrogens (tertiary/aromatic N) is 6. The summed E-state index contributed by atoms with van der Waals surface area (Å²) in [4.78, 5) is 28.8. The first kappa shape index (κ1) is 26.2. The Morgan fingerprint density at radius 2 is 1.84 bits per heavy atom. The first-order valence-corrected chi connectivity index (χ1v) is 14.0. The van der Waals surface area contributed by atoms with E-state index in [1.54, 1.807) is 6.20 Å². The molecule has 1 N–H and O–H groups in total. The Balaban J connectivity index is 1.33. The van der Waals surface area contributed by atoms with Gasteiger partial charge in [-0.05, 0) is 43.1 Å². The third-order valence-corrected chi connectivity index (χ3v) is 8.76. The molecule has 0 aromatic carbocycles. The lowest BCUT2D eigenvalue weighted by Gasteiger charge is -2.35. The molecule has 0 bridgehead atoms. The van der Waals surface area contributed by atoms with Crippen LogP contribution in [0.15, 0.2) is 49.1 Å². The van der Waals surface area contributed by atoms with Gasteiger partial charge in [-0.1, -0.05) is 27.7 Å². The number of aryl methyl sites for hydroxylation is 1. The molecule has 4 aromatic heterocycles. The predicted octanol–water partition coefficient (Wildman–Crippen LogP) is 5.33. The second-order valence-electron chi connectivity index (χ2n) is 10.9. The maximum Gasteiger partial charge on any atom is 0.265 e. The van der Waals surface area contributed by atoms with Gasteiger partial charge in [-0.2, -0.15) is 0 Å². The zero-order chi connectivity index (χ0) is 27.0. The molecule has 1 saturated heterocycles. The lowest BCUT2D eigenvalue weighted by atomic mass is 9.95. The third-order valence-electron chi connectivity index (χ3n) is 7.25. The molecule has 0 aliphatic carbocycles. The van der Waals surface area contributed by atoms with Crippen LogP contribution in [0.25, 0.3) is 16.9 Å². The number of aromatic nitrogens is 4. The molecule has 0 radical (unpaired) electrons. The van der Waals surface area contributed by atoms with E-state index in [0.29, 0.717) is 10.6 Å². The van der Waals surface area contributed by atoms with E-state index in [0.717, 1.165) is 61.0 Å². The van der Waals surface area contributed by atoms with Crippen LogP contribution in [0.2, 0.25) is 0 Å². The average Bonchev–Trinajstić information content (AvgIpc) is 3.41. The van der Waals surface area contributed by atoms with Crippen molar-refractivity contribution in [2.24, 2.45) is 7.05 Å². The molecule has 200 valence electrons. The van der Waals surface area contributed by atoms with Crippen molar-refractivity contribution in [1.29, 1.82) is 0 Å². The quantitative estimate of drug-likeness (QED) is 0.364. The normalized spacial score (nSPS) is 14.7. The molecule has 0 spiro atoms. The SMILES string of the molecule is CCN1CCN(c2cncc(-c3cn(-c4cc(NC(=O)c5ccc(C(C)(C)C)s5)cnc4C)n3C)c2)CC1. The van der Waals surface area contributed by atoms with E-state index in [1.165, 1.54) is 16.2 Å². The summed E-state index contributed by atoms with van der Waals surface area (Å²) < 4.78 is 4.16. The smallest absolute Gasteiger partial charge is 0.265 e. The summed E-state index contributed by atoms with van der Waals surface area (Å²) in [6.07, 6.45) is 7.69. The second kappa shape index (κ2) is 10.4. The molecule has 5 heterocycles. The number of hydrogen-bond donors (Lipinski definition) is 1. The van der Waals surface area contributed by atoms with Gasteiger partial charge in [0.25, 0.3) is 5.91 Å². The van der Waals surface area contributed by atoms with Gasteiger partial charge in [0, 0.05) is 49.9 Å². The highest BCUT2D eigenvalue weighted by Gasteiger charge is 2.21.